The van der Waals surface area contributed by atoms with Gasteiger partial charge < -0.3 is 5.32 Å². The van der Waals surface area contributed by atoms with Crippen molar-refractivity contribution in [2.24, 2.45) is 0 Å². The Morgan fingerprint density at radius 1 is 1.64 bits per heavy atom. The fraction of sp³-hybridized carbons (Fsp3) is 0.500. The van der Waals surface area contributed by atoms with E-state index in [1.165, 1.54) is 0 Å². The Labute approximate surface area is 70.0 Å². The first-order valence-electron chi connectivity index (χ1n) is 3.29. The number of hydrogen-bond donors (Lipinski definition) is 1. The van der Waals surface area contributed by atoms with Gasteiger partial charge in [0.15, 0.2) is 0 Å². The molecule has 0 aromatic carbocycles. The Kier molecular flexibility index (Phi) is 3.04. The van der Waals surface area contributed by atoms with Crippen molar-refractivity contribution in [1.82, 2.24) is 15.2 Å². The van der Waals surface area contributed by atoms with Gasteiger partial charge in [0.05, 0.1) is 11.9 Å². The number of aryl methyl sites for hydroxylation is 1. The number of hydrogen-bond acceptors (Lipinski definition) is 4. The number of rotatable bonds is 3. The van der Waals surface area contributed by atoms with E-state index in [4.69, 9.17) is 11.6 Å². The van der Waals surface area contributed by atoms with Crippen LogP contribution in [0.2, 0.25) is 0 Å². The molecular weight excluding hydrogens is 164 g/mol. The van der Waals surface area contributed by atoms with Crippen LogP contribution in [0.5, 0.6) is 0 Å². The normalized spacial score (nSPS) is 9.64. The Hall–Kier alpha value is -0.900. The third kappa shape index (κ3) is 2.67. The van der Waals surface area contributed by atoms with E-state index >= 15 is 0 Å². The Bertz CT molecular complexity index is 228. The van der Waals surface area contributed by atoms with Gasteiger partial charge in [-0.2, -0.15) is 5.10 Å². The highest BCUT2D eigenvalue weighted by Gasteiger charge is 1.93. The highest BCUT2D eigenvalue weighted by molar-refractivity contribution is 6.18. The molecule has 0 amide bonds. The van der Waals surface area contributed by atoms with E-state index in [1.54, 1.807) is 6.20 Å². The maximum absolute atomic E-state index is 5.45. The van der Waals surface area contributed by atoms with Gasteiger partial charge in [-0.3, -0.25) is 0 Å². The van der Waals surface area contributed by atoms with E-state index < -0.39 is 0 Å². The highest BCUT2D eigenvalue weighted by atomic mass is 35.5. The molecule has 0 saturated carbocycles. The Balaban J connectivity index is 2.56. The summed E-state index contributed by atoms with van der Waals surface area (Å²) >= 11 is 5.45. The van der Waals surface area contributed by atoms with Crippen molar-refractivity contribution in [2.75, 3.05) is 17.7 Å². The molecular formula is C6H9ClN4. The zero-order valence-corrected chi connectivity index (χ0v) is 6.97. The summed E-state index contributed by atoms with van der Waals surface area (Å²) in [5, 5.41) is 10.4. The van der Waals surface area contributed by atoms with E-state index in [0.717, 1.165) is 5.69 Å². The van der Waals surface area contributed by atoms with Gasteiger partial charge in [0, 0.05) is 12.4 Å². The summed E-state index contributed by atoms with van der Waals surface area (Å²) in [6, 6.07) is 0. The molecule has 0 aliphatic carbocycles. The third-order valence-electron chi connectivity index (χ3n) is 1.06. The first-order chi connectivity index (χ1) is 5.33. The average Bonchev–Trinajstić information content (AvgIpc) is 2.01. The van der Waals surface area contributed by atoms with Gasteiger partial charge in [-0.1, -0.05) is 0 Å². The van der Waals surface area contributed by atoms with Gasteiger partial charge in [-0.15, -0.1) is 16.7 Å². The van der Waals surface area contributed by atoms with Crippen LogP contribution in [0, 0.1) is 6.92 Å². The molecule has 0 atom stereocenters. The zero-order chi connectivity index (χ0) is 8.10. The Morgan fingerprint density at radius 3 is 3.09 bits per heavy atom. The number of nitrogens with zero attached hydrogens (tertiary/aromatic N) is 3. The quantitative estimate of drug-likeness (QED) is 0.687. The van der Waals surface area contributed by atoms with E-state index in [-0.39, 0.29) is 0 Å². The van der Waals surface area contributed by atoms with Crippen LogP contribution in [0.25, 0.3) is 0 Å². The summed E-state index contributed by atoms with van der Waals surface area (Å²) in [7, 11) is 0. The van der Waals surface area contributed by atoms with Gasteiger partial charge in [0.1, 0.15) is 0 Å². The standard InChI is InChI=1S/C6H9ClN4/c1-5-4-9-11-6(10-5)8-3-2-7/h4H,2-3H2,1H3,(H,8,10,11). The predicted octanol–water partition coefficient (Wildman–Crippen LogP) is 0.831. The second kappa shape index (κ2) is 4.08. The highest BCUT2D eigenvalue weighted by Crippen LogP contribution is 1.95. The summed E-state index contributed by atoms with van der Waals surface area (Å²) < 4.78 is 0. The second-order valence-electron chi connectivity index (χ2n) is 2.04. The van der Waals surface area contributed by atoms with Gasteiger partial charge in [0.2, 0.25) is 5.95 Å². The molecule has 0 unspecified atom stereocenters. The molecule has 1 N–H and O–H groups in total. The summed E-state index contributed by atoms with van der Waals surface area (Å²) in [5.74, 6) is 1.07. The first kappa shape index (κ1) is 8.20. The topological polar surface area (TPSA) is 50.7 Å². The van der Waals surface area contributed by atoms with Crippen LogP contribution >= 0.6 is 11.6 Å². The van der Waals surface area contributed by atoms with Crippen molar-refractivity contribution in [2.45, 2.75) is 6.92 Å². The molecule has 0 aliphatic rings. The van der Waals surface area contributed by atoms with Crippen molar-refractivity contribution in [3.8, 4) is 0 Å². The van der Waals surface area contributed by atoms with Crippen molar-refractivity contribution in [3.05, 3.63) is 11.9 Å². The molecule has 0 fully saturated rings. The minimum absolute atomic E-state index is 0.533. The van der Waals surface area contributed by atoms with Gasteiger partial charge >= 0.3 is 0 Å². The van der Waals surface area contributed by atoms with Crippen LogP contribution in [0.1, 0.15) is 5.69 Å². The SMILES string of the molecule is Cc1cnnc(NCCCl)n1. The van der Waals surface area contributed by atoms with Crippen molar-refractivity contribution in [3.63, 3.8) is 0 Å². The third-order valence-corrected chi connectivity index (χ3v) is 1.25. The smallest absolute Gasteiger partial charge is 0.242 e. The molecule has 1 aromatic heterocycles. The summed E-state index contributed by atoms with van der Waals surface area (Å²) in [6.07, 6.45) is 1.60. The molecule has 0 radical (unpaired) electrons. The monoisotopic (exact) mass is 172 g/mol. The molecule has 1 heterocycles. The second-order valence-corrected chi connectivity index (χ2v) is 2.42. The van der Waals surface area contributed by atoms with E-state index in [9.17, 15) is 0 Å². The molecule has 11 heavy (non-hydrogen) atoms. The maximum Gasteiger partial charge on any atom is 0.242 e. The van der Waals surface area contributed by atoms with Crippen LogP contribution in [0.4, 0.5) is 5.95 Å². The van der Waals surface area contributed by atoms with Crippen LogP contribution in [-0.4, -0.2) is 27.6 Å². The predicted molar refractivity (Wildman–Crippen MR) is 43.8 cm³/mol. The minimum atomic E-state index is 0.533. The fourth-order valence-corrected chi connectivity index (χ4v) is 0.714. The van der Waals surface area contributed by atoms with Crippen LogP contribution in [-0.2, 0) is 0 Å². The number of nitrogens with one attached hydrogen (secondary N) is 1. The van der Waals surface area contributed by atoms with Crippen molar-refractivity contribution in [1.29, 1.82) is 0 Å². The van der Waals surface area contributed by atoms with Crippen molar-refractivity contribution >= 4 is 17.5 Å². The van der Waals surface area contributed by atoms with E-state index in [2.05, 4.69) is 20.5 Å². The van der Waals surface area contributed by atoms with E-state index in [1.807, 2.05) is 6.92 Å². The van der Waals surface area contributed by atoms with Crippen LogP contribution in [0.3, 0.4) is 0 Å². The lowest BCUT2D eigenvalue weighted by atomic mass is 10.5. The molecule has 5 heteroatoms. The Morgan fingerprint density at radius 2 is 2.45 bits per heavy atom. The first-order valence-corrected chi connectivity index (χ1v) is 3.82. The molecule has 60 valence electrons. The number of aromatic nitrogens is 3. The summed E-state index contributed by atoms with van der Waals surface area (Å²) in [4.78, 5) is 4.07. The molecule has 0 saturated heterocycles. The number of halogens is 1. The summed E-state index contributed by atoms with van der Waals surface area (Å²) in [5.41, 5.74) is 0.845. The molecule has 0 aliphatic heterocycles. The minimum Gasteiger partial charge on any atom is -0.352 e. The van der Waals surface area contributed by atoms with Gasteiger partial charge in [-0.25, -0.2) is 4.98 Å². The van der Waals surface area contributed by atoms with E-state index in [0.29, 0.717) is 18.4 Å². The fourth-order valence-electron chi connectivity index (χ4n) is 0.619. The lowest BCUT2D eigenvalue weighted by Gasteiger charge is -1.99. The lowest BCUT2D eigenvalue weighted by Crippen LogP contribution is -2.07. The molecule has 4 nitrogen and oxygen atoms in total. The maximum atomic E-state index is 5.45. The lowest BCUT2D eigenvalue weighted by molar-refractivity contribution is 0.930. The molecule has 0 spiro atoms. The molecule has 1 rings (SSSR count). The van der Waals surface area contributed by atoms with Gasteiger partial charge in [0.25, 0.3) is 0 Å². The van der Waals surface area contributed by atoms with Gasteiger partial charge in [-0.05, 0) is 6.92 Å². The summed E-state index contributed by atoms with van der Waals surface area (Å²) in [6.45, 7) is 2.52. The molecule has 0 bridgehead atoms. The molecule has 1 aromatic rings. The largest absolute Gasteiger partial charge is 0.352 e. The van der Waals surface area contributed by atoms with Crippen LogP contribution in [0.15, 0.2) is 6.20 Å². The van der Waals surface area contributed by atoms with Crippen molar-refractivity contribution < 1.29 is 0 Å². The van der Waals surface area contributed by atoms with Crippen LogP contribution < -0.4 is 5.32 Å². The zero-order valence-electron chi connectivity index (χ0n) is 6.21. The average molecular weight is 173 g/mol. The number of alkyl halides is 1. The number of anilines is 1.